The Bertz CT molecular complexity index is 577. The van der Waals surface area contributed by atoms with E-state index in [1.807, 2.05) is 13.8 Å². The van der Waals surface area contributed by atoms with E-state index in [1.54, 1.807) is 6.20 Å². The number of carbonyl (C=O) groups is 1. The van der Waals surface area contributed by atoms with Crippen LogP contribution in [0.4, 0.5) is 11.5 Å². The van der Waals surface area contributed by atoms with Crippen LogP contribution in [0.25, 0.3) is 0 Å². The Kier molecular flexibility index (Phi) is 5.02. The lowest BCUT2D eigenvalue weighted by atomic mass is 10.1. The smallest absolute Gasteiger partial charge is 0.224 e. The Labute approximate surface area is 141 Å². The van der Waals surface area contributed by atoms with E-state index in [0.29, 0.717) is 17.9 Å². The van der Waals surface area contributed by atoms with Gasteiger partial charge in [0.05, 0.1) is 11.9 Å². The highest BCUT2D eigenvalue weighted by Crippen LogP contribution is 2.35. The molecule has 0 spiro atoms. The summed E-state index contributed by atoms with van der Waals surface area (Å²) in [5.74, 6) is 1.67. The molecule has 1 aliphatic carbocycles. The minimum Gasteiger partial charge on any atom is -0.366 e. The summed E-state index contributed by atoms with van der Waals surface area (Å²) in [7, 11) is 0. The van der Waals surface area contributed by atoms with Gasteiger partial charge in [-0.05, 0) is 37.8 Å². The molecule has 126 valence electrons. The van der Waals surface area contributed by atoms with Crippen LogP contribution in [0.2, 0.25) is 5.28 Å². The summed E-state index contributed by atoms with van der Waals surface area (Å²) in [5.41, 5.74) is 0.696. The maximum Gasteiger partial charge on any atom is 0.224 e. The molecule has 1 saturated heterocycles. The maximum absolute atomic E-state index is 12.1. The molecule has 1 aromatic rings. The van der Waals surface area contributed by atoms with Crippen molar-refractivity contribution in [3.8, 4) is 0 Å². The summed E-state index contributed by atoms with van der Waals surface area (Å²) >= 11 is 5.84. The van der Waals surface area contributed by atoms with Gasteiger partial charge in [-0.1, -0.05) is 19.3 Å². The molecule has 7 heteroatoms. The number of aromatic nitrogens is 2. The fraction of sp³-hybridized carbons (Fsp3) is 0.688. The molecule has 1 saturated carbocycles. The van der Waals surface area contributed by atoms with Crippen molar-refractivity contribution in [3.63, 3.8) is 0 Å². The number of ketones is 1. The molecule has 3 rings (SSSR count). The van der Waals surface area contributed by atoms with Crippen LogP contribution in [0.15, 0.2) is 6.20 Å². The van der Waals surface area contributed by atoms with E-state index in [1.165, 1.54) is 19.3 Å². The number of nitrogens with one attached hydrogen (secondary N) is 2. The summed E-state index contributed by atoms with van der Waals surface area (Å²) in [6.45, 7) is 4.03. The van der Waals surface area contributed by atoms with Gasteiger partial charge in [-0.15, -0.1) is 0 Å². The fourth-order valence-corrected chi connectivity index (χ4v) is 2.72. The molecular formula is C16H23ClN4O2. The summed E-state index contributed by atoms with van der Waals surface area (Å²) < 4.78 is 5.47. The topological polar surface area (TPSA) is 79.4 Å². The Morgan fingerprint density at radius 2 is 2.26 bits per heavy atom. The van der Waals surface area contributed by atoms with Crippen molar-refractivity contribution in [2.75, 3.05) is 10.6 Å². The Balaban J connectivity index is 1.50. The first-order chi connectivity index (χ1) is 11.0. The van der Waals surface area contributed by atoms with Crippen LogP contribution >= 0.6 is 11.6 Å². The van der Waals surface area contributed by atoms with Gasteiger partial charge in [0, 0.05) is 12.5 Å². The molecule has 2 unspecified atom stereocenters. The second-order valence-electron chi connectivity index (χ2n) is 6.62. The van der Waals surface area contributed by atoms with Crippen LogP contribution in [-0.2, 0) is 9.53 Å². The summed E-state index contributed by atoms with van der Waals surface area (Å²) in [6, 6.07) is 0.210. The number of Topliss-reactive ketones (excluding diaryl/α,β-unsaturated/α-hetero) is 1. The molecule has 0 radical (unpaired) electrons. The van der Waals surface area contributed by atoms with Gasteiger partial charge in [-0.2, -0.15) is 4.98 Å². The van der Waals surface area contributed by atoms with Crippen LogP contribution in [-0.4, -0.2) is 34.1 Å². The number of rotatable bonds is 9. The van der Waals surface area contributed by atoms with Crippen LogP contribution in [0.1, 0.15) is 46.0 Å². The van der Waals surface area contributed by atoms with Crippen molar-refractivity contribution in [1.82, 2.24) is 9.97 Å². The molecule has 1 aliphatic heterocycles. The number of carbonyl (C=O) groups excluding carboxylic acids is 1. The van der Waals surface area contributed by atoms with Crippen molar-refractivity contribution in [2.24, 2.45) is 5.92 Å². The first kappa shape index (κ1) is 16.5. The molecule has 0 aromatic carbocycles. The molecule has 2 fully saturated rings. The monoisotopic (exact) mass is 338 g/mol. The lowest BCUT2D eigenvalue weighted by Crippen LogP contribution is -2.18. The summed E-state index contributed by atoms with van der Waals surface area (Å²) in [6.07, 6.45) is 6.38. The molecule has 2 N–H and O–H groups in total. The standard InChI is InChI=1S/C16H23ClN4O2/c1-9(2)19-14-11(8-18-16(17)21-14)20-15-13(23-15)12(22)5-3-4-10-6-7-10/h8-10,13,15,20H,3-7H2,1-2H3,(H,18,19,21). The zero-order valence-electron chi connectivity index (χ0n) is 13.5. The molecule has 23 heavy (non-hydrogen) atoms. The van der Waals surface area contributed by atoms with Crippen molar-refractivity contribution < 1.29 is 9.53 Å². The normalized spacial score (nSPS) is 23.0. The van der Waals surface area contributed by atoms with Crippen LogP contribution in [0, 0.1) is 5.92 Å². The first-order valence-corrected chi connectivity index (χ1v) is 8.64. The van der Waals surface area contributed by atoms with Gasteiger partial charge in [0.15, 0.2) is 23.9 Å². The summed E-state index contributed by atoms with van der Waals surface area (Å²) in [5, 5.41) is 6.56. The van der Waals surface area contributed by atoms with Crippen molar-refractivity contribution in [1.29, 1.82) is 0 Å². The average Bonchev–Trinajstić information content (AvgIpc) is 3.36. The number of halogens is 1. The van der Waals surface area contributed by atoms with E-state index < -0.39 is 0 Å². The third-order valence-corrected chi connectivity index (χ3v) is 4.21. The second-order valence-corrected chi connectivity index (χ2v) is 6.96. The highest BCUT2D eigenvalue weighted by atomic mass is 35.5. The predicted octanol–water partition coefficient (Wildman–Crippen LogP) is 3.24. The number of epoxide rings is 1. The largest absolute Gasteiger partial charge is 0.366 e. The third-order valence-electron chi connectivity index (χ3n) is 4.02. The minimum atomic E-state index is -0.350. The molecule has 1 aromatic heterocycles. The average molecular weight is 339 g/mol. The molecule has 0 bridgehead atoms. The van der Waals surface area contributed by atoms with Gasteiger partial charge in [0.25, 0.3) is 0 Å². The van der Waals surface area contributed by atoms with E-state index in [-0.39, 0.29) is 29.4 Å². The van der Waals surface area contributed by atoms with Gasteiger partial charge in [0.2, 0.25) is 5.28 Å². The van der Waals surface area contributed by atoms with Gasteiger partial charge in [-0.25, -0.2) is 4.98 Å². The molecular weight excluding hydrogens is 316 g/mol. The van der Waals surface area contributed by atoms with Crippen molar-refractivity contribution in [3.05, 3.63) is 11.5 Å². The SMILES string of the molecule is CC(C)Nc1nc(Cl)ncc1NC1OC1C(=O)CCCC1CC1. The number of hydrogen-bond donors (Lipinski definition) is 2. The number of nitrogens with zero attached hydrogens (tertiary/aromatic N) is 2. The Morgan fingerprint density at radius 3 is 2.96 bits per heavy atom. The van der Waals surface area contributed by atoms with Gasteiger partial charge < -0.3 is 15.4 Å². The summed E-state index contributed by atoms with van der Waals surface area (Å²) in [4.78, 5) is 20.3. The van der Waals surface area contributed by atoms with Crippen molar-refractivity contribution >= 4 is 28.9 Å². The first-order valence-electron chi connectivity index (χ1n) is 8.26. The van der Waals surface area contributed by atoms with E-state index in [4.69, 9.17) is 16.3 Å². The van der Waals surface area contributed by atoms with Crippen LogP contribution in [0.5, 0.6) is 0 Å². The zero-order chi connectivity index (χ0) is 16.4. The van der Waals surface area contributed by atoms with Gasteiger partial charge in [0.1, 0.15) is 0 Å². The van der Waals surface area contributed by atoms with E-state index >= 15 is 0 Å². The number of hydrogen-bond acceptors (Lipinski definition) is 6. The minimum absolute atomic E-state index is 0.177. The van der Waals surface area contributed by atoms with E-state index in [9.17, 15) is 4.79 Å². The van der Waals surface area contributed by atoms with Gasteiger partial charge in [-0.3, -0.25) is 4.79 Å². The van der Waals surface area contributed by atoms with E-state index in [2.05, 4.69) is 20.6 Å². The lowest BCUT2D eigenvalue weighted by molar-refractivity contribution is -0.120. The quantitative estimate of drug-likeness (QED) is 0.531. The van der Waals surface area contributed by atoms with Crippen LogP contribution in [0.3, 0.4) is 0 Å². The Morgan fingerprint density at radius 1 is 1.48 bits per heavy atom. The Hall–Kier alpha value is -1.40. The number of ether oxygens (including phenoxy) is 1. The highest BCUT2D eigenvalue weighted by Gasteiger charge is 2.44. The second kappa shape index (κ2) is 7.01. The van der Waals surface area contributed by atoms with E-state index in [0.717, 1.165) is 12.3 Å². The van der Waals surface area contributed by atoms with Crippen LogP contribution < -0.4 is 10.6 Å². The molecule has 0 amide bonds. The van der Waals surface area contributed by atoms with Gasteiger partial charge >= 0.3 is 0 Å². The lowest BCUT2D eigenvalue weighted by Gasteiger charge is -2.13. The molecule has 2 atom stereocenters. The number of anilines is 2. The zero-order valence-corrected chi connectivity index (χ0v) is 14.3. The fourth-order valence-electron chi connectivity index (χ4n) is 2.58. The third kappa shape index (κ3) is 4.78. The molecule has 2 heterocycles. The predicted molar refractivity (Wildman–Crippen MR) is 89.7 cm³/mol. The molecule has 2 aliphatic rings. The van der Waals surface area contributed by atoms with Crippen molar-refractivity contribution in [2.45, 2.75) is 64.3 Å². The molecule has 6 nitrogen and oxygen atoms in total. The maximum atomic E-state index is 12.1. The highest BCUT2D eigenvalue weighted by molar-refractivity contribution is 6.28.